The summed E-state index contributed by atoms with van der Waals surface area (Å²) in [5, 5.41) is 3.25. The van der Waals surface area contributed by atoms with Gasteiger partial charge in [0.25, 0.3) is 0 Å². The fraction of sp³-hybridized carbons (Fsp3) is 0.571. The fourth-order valence-corrected chi connectivity index (χ4v) is 2.73. The smallest absolute Gasteiger partial charge is 0.312 e. The van der Waals surface area contributed by atoms with Crippen LogP contribution in [-0.2, 0) is 17.0 Å². The van der Waals surface area contributed by atoms with E-state index < -0.39 is 22.5 Å². The zero-order valence-corrected chi connectivity index (χ0v) is 12.7. The van der Waals surface area contributed by atoms with Crippen molar-refractivity contribution in [3.63, 3.8) is 0 Å². The average Bonchev–Trinajstić information content (AvgIpc) is 2.32. The first-order valence-electron chi connectivity index (χ1n) is 6.40. The summed E-state index contributed by atoms with van der Waals surface area (Å²) in [4.78, 5) is 0.232. The van der Waals surface area contributed by atoms with Gasteiger partial charge in [-0.05, 0) is 51.9 Å². The molecule has 0 aromatic heterocycles. The van der Waals surface area contributed by atoms with Crippen molar-refractivity contribution in [3.05, 3.63) is 29.8 Å². The zero-order chi connectivity index (χ0) is 15.4. The molecule has 0 amide bonds. The molecule has 1 atom stereocenters. The largest absolute Gasteiger partial charge is 0.416 e. The maximum atomic E-state index is 12.6. The average molecular weight is 307 g/mol. The maximum Gasteiger partial charge on any atom is 0.416 e. The van der Waals surface area contributed by atoms with E-state index in [2.05, 4.69) is 5.32 Å². The lowest BCUT2D eigenvalue weighted by Crippen LogP contribution is -2.36. The highest BCUT2D eigenvalue weighted by atomic mass is 32.2. The van der Waals surface area contributed by atoms with Gasteiger partial charge in [-0.3, -0.25) is 4.21 Å². The highest BCUT2D eigenvalue weighted by Crippen LogP contribution is 2.30. The molecule has 20 heavy (non-hydrogen) atoms. The van der Waals surface area contributed by atoms with Crippen LogP contribution in [0.5, 0.6) is 0 Å². The number of nitrogens with one attached hydrogen (secondary N) is 1. The molecule has 1 N–H and O–H groups in total. The van der Waals surface area contributed by atoms with E-state index in [0.29, 0.717) is 18.7 Å². The van der Waals surface area contributed by atoms with Crippen LogP contribution in [0, 0.1) is 0 Å². The Morgan fingerprint density at radius 1 is 1.20 bits per heavy atom. The van der Waals surface area contributed by atoms with E-state index in [9.17, 15) is 17.4 Å². The third-order valence-corrected chi connectivity index (χ3v) is 4.03. The van der Waals surface area contributed by atoms with Crippen LogP contribution in [0.15, 0.2) is 29.2 Å². The summed E-state index contributed by atoms with van der Waals surface area (Å²) in [6.07, 6.45) is -3.74. The molecule has 0 bridgehead atoms. The third kappa shape index (κ3) is 6.05. The molecule has 0 fully saturated rings. The van der Waals surface area contributed by atoms with Gasteiger partial charge in [-0.1, -0.05) is 6.07 Å². The van der Waals surface area contributed by atoms with Crippen LogP contribution >= 0.6 is 0 Å². The second kappa shape index (κ2) is 6.72. The predicted molar refractivity (Wildman–Crippen MR) is 75.1 cm³/mol. The fourth-order valence-electron chi connectivity index (χ4n) is 1.60. The van der Waals surface area contributed by atoms with Crippen LogP contribution in [-0.4, -0.2) is 22.0 Å². The number of halogens is 3. The molecule has 0 radical (unpaired) electrons. The molecule has 0 saturated heterocycles. The summed E-state index contributed by atoms with van der Waals surface area (Å²) in [7, 11) is -1.40. The van der Waals surface area contributed by atoms with Gasteiger partial charge >= 0.3 is 6.18 Å². The standard InChI is InChI=1S/C14H20F3NOS/c1-13(2,3)18-8-5-9-20(19)12-7-4-6-11(10-12)14(15,16)17/h4,6-7,10,18H,5,8-9H2,1-3H3. The number of hydrogen-bond donors (Lipinski definition) is 1. The number of hydrogen-bond acceptors (Lipinski definition) is 2. The molecule has 1 aromatic carbocycles. The summed E-state index contributed by atoms with van der Waals surface area (Å²) in [5.41, 5.74) is -0.770. The molecule has 114 valence electrons. The summed E-state index contributed by atoms with van der Waals surface area (Å²) in [6, 6.07) is 4.72. The SMILES string of the molecule is CC(C)(C)NCCCS(=O)c1cccc(C(F)(F)F)c1. The number of alkyl halides is 3. The van der Waals surface area contributed by atoms with Crippen molar-refractivity contribution in [2.24, 2.45) is 0 Å². The molecular formula is C14H20F3NOS. The minimum Gasteiger partial charge on any atom is -0.312 e. The lowest BCUT2D eigenvalue weighted by atomic mass is 10.1. The van der Waals surface area contributed by atoms with Crippen molar-refractivity contribution in [1.82, 2.24) is 5.32 Å². The molecular weight excluding hydrogens is 287 g/mol. The van der Waals surface area contributed by atoms with E-state index in [1.807, 2.05) is 20.8 Å². The summed E-state index contributed by atoms with van der Waals surface area (Å²) < 4.78 is 49.6. The van der Waals surface area contributed by atoms with E-state index in [1.54, 1.807) is 0 Å². The van der Waals surface area contributed by atoms with Gasteiger partial charge in [0.1, 0.15) is 0 Å². The van der Waals surface area contributed by atoms with Crippen LogP contribution in [0.4, 0.5) is 13.2 Å². The Morgan fingerprint density at radius 2 is 1.85 bits per heavy atom. The first kappa shape index (κ1) is 17.2. The molecule has 1 rings (SSSR count). The number of benzene rings is 1. The lowest BCUT2D eigenvalue weighted by Gasteiger charge is -2.20. The van der Waals surface area contributed by atoms with Gasteiger partial charge in [-0.2, -0.15) is 13.2 Å². The zero-order valence-electron chi connectivity index (χ0n) is 11.9. The van der Waals surface area contributed by atoms with Gasteiger partial charge in [0.05, 0.1) is 16.4 Å². The lowest BCUT2D eigenvalue weighted by molar-refractivity contribution is -0.137. The molecule has 0 saturated carbocycles. The van der Waals surface area contributed by atoms with Gasteiger partial charge in [-0.25, -0.2) is 0 Å². The molecule has 6 heteroatoms. The van der Waals surface area contributed by atoms with Crippen molar-refractivity contribution >= 4 is 10.8 Å². The quantitative estimate of drug-likeness (QED) is 0.842. The second-order valence-corrected chi connectivity index (χ2v) is 7.18. The topological polar surface area (TPSA) is 29.1 Å². The Balaban J connectivity index is 2.56. The van der Waals surface area contributed by atoms with Crippen LogP contribution in [0.25, 0.3) is 0 Å². The first-order valence-corrected chi connectivity index (χ1v) is 7.72. The minimum atomic E-state index is -4.39. The Labute approximate surface area is 120 Å². The van der Waals surface area contributed by atoms with Crippen LogP contribution in [0.3, 0.4) is 0 Å². The molecule has 0 aliphatic heterocycles. The van der Waals surface area contributed by atoms with E-state index in [1.165, 1.54) is 12.1 Å². The minimum absolute atomic E-state index is 0.0162. The van der Waals surface area contributed by atoms with E-state index in [4.69, 9.17) is 0 Å². The van der Waals surface area contributed by atoms with E-state index in [-0.39, 0.29) is 10.4 Å². The Kier molecular flexibility index (Phi) is 5.77. The van der Waals surface area contributed by atoms with Gasteiger partial charge in [0.2, 0.25) is 0 Å². The first-order chi connectivity index (χ1) is 9.09. The molecule has 1 aromatic rings. The number of rotatable bonds is 5. The monoisotopic (exact) mass is 307 g/mol. The van der Waals surface area contributed by atoms with Crippen molar-refractivity contribution in [2.45, 2.75) is 43.8 Å². The van der Waals surface area contributed by atoms with Gasteiger partial charge in [-0.15, -0.1) is 0 Å². The molecule has 0 aliphatic carbocycles. The highest BCUT2D eigenvalue weighted by molar-refractivity contribution is 7.85. The maximum absolute atomic E-state index is 12.6. The van der Waals surface area contributed by atoms with Crippen LogP contribution in [0.2, 0.25) is 0 Å². The Bertz CT molecular complexity index is 466. The Morgan fingerprint density at radius 3 is 2.40 bits per heavy atom. The van der Waals surface area contributed by atoms with Crippen LogP contribution in [0.1, 0.15) is 32.8 Å². The summed E-state index contributed by atoms with van der Waals surface area (Å²) in [6.45, 7) is 6.76. The third-order valence-electron chi connectivity index (χ3n) is 2.59. The van der Waals surface area contributed by atoms with Crippen molar-refractivity contribution < 1.29 is 17.4 Å². The van der Waals surface area contributed by atoms with Crippen molar-refractivity contribution in [2.75, 3.05) is 12.3 Å². The van der Waals surface area contributed by atoms with Gasteiger partial charge < -0.3 is 5.32 Å². The normalized spacial score (nSPS) is 14.3. The highest BCUT2D eigenvalue weighted by Gasteiger charge is 2.30. The second-order valence-electron chi connectivity index (χ2n) is 5.61. The predicted octanol–water partition coefficient (Wildman–Crippen LogP) is 3.59. The summed E-state index contributed by atoms with van der Waals surface area (Å²) in [5.74, 6) is 0.352. The van der Waals surface area contributed by atoms with E-state index in [0.717, 1.165) is 12.1 Å². The molecule has 0 heterocycles. The Hall–Kier alpha value is -0.880. The molecule has 2 nitrogen and oxygen atoms in total. The van der Waals surface area contributed by atoms with Crippen LogP contribution < -0.4 is 5.32 Å². The molecule has 1 unspecified atom stereocenters. The van der Waals surface area contributed by atoms with Gasteiger partial charge in [0, 0.05) is 16.2 Å². The van der Waals surface area contributed by atoms with E-state index >= 15 is 0 Å². The summed E-state index contributed by atoms with van der Waals surface area (Å²) >= 11 is 0. The molecule has 0 spiro atoms. The van der Waals surface area contributed by atoms with Crippen molar-refractivity contribution in [1.29, 1.82) is 0 Å². The van der Waals surface area contributed by atoms with Crippen molar-refractivity contribution in [3.8, 4) is 0 Å². The molecule has 0 aliphatic rings. The van der Waals surface area contributed by atoms with Gasteiger partial charge in [0.15, 0.2) is 0 Å².